The summed E-state index contributed by atoms with van der Waals surface area (Å²) in [6, 6.07) is 0. The molecule has 0 aliphatic rings. The predicted octanol–water partition coefficient (Wildman–Crippen LogP) is 2.28. The largest absolute Gasteiger partial charge is 0.465 e. The van der Waals surface area contributed by atoms with Crippen molar-refractivity contribution in [2.75, 3.05) is 6.61 Å². The lowest BCUT2D eigenvalue weighted by molar-refractivity contribution is -0.143. The number of hydrogen-bond acceptors (Lipinski definition) is 3. The van der Waals surface area contributed by atoms with Crippen molar-refractivity contribution < 1.29 is 9.53 Å². The van der Waals surface area contributed by atoms with Crippen LogP contribution in [0, 0.1) is 5.41 Å². The molecule has 1 unspecified atom stereocenters. The van der Waals surface area contributed by atoms with Crippen LogP contribution in [0.25, 0.3) is 0 Å². The fraction of sp³-hybridized carbons (Fsp3) is 0.889. The molecule has 0 aliphatic heterocycles. The van der Waals surface area contributed by atoms with Crippen LogP contribution in [0.1, 0.15) is 34.1 Å². The highest BCUT2D eigenvalue weighted by atomic mass is 32.1. The van der Waals surface area contributed by atoms with Gasteiger partial charge in [-0.1, -0.05) is 20.8 Å². The molecule has 0 fully saturated rings. The van der Waals surface area contributed by atoms with Gasteiger partial charge < -0.3 is 4.74 Å². The Hall–Kier alpha value is -0.180. The van der Waals surface area contributed by atoms with Crippen LogP contribution in [-0.2, 0) is 9.53 Å². The van der Waals surface area contributed by atoms with Crippen molar-refractivity contribution in [3.63, 3.8) is 0 Å². The molecule has 0 saturated carbocycles. The summed E-state index contributed by atoms with van der Waals surface area (Å²) in [5.74, 6) is -0.234. The Bertz CT molecular complexity index is 147. The zero-order valence-electron chi connectivity index (χ0n) is 8.26. The maximum atomic E-state index is 10.9. The molecule has 72 valence electrons. The lowest BCUT2D eigenvalue weighted by atomic mass is 9.93. The van der Waals surface area contributed by atoms with E-state index in [2.05, 4.69) is 33.4 Å². The first kappa shape index (κ1) is 11.8. The van der Waals surface area contributed by atoms with E-state index in [1.54, 1.807) is 6.92 Å². The van der Waals surface area contributed by atoms with E-state index in [0.717, 1.165) is 6.42 Å². The van der Waals surface area contributed by atoms with Crippen molar-refractivity contribution in [1.29, 1.82) is 0 Å². The molecule has 0 aromatic carbocycles. The fourth-order valence-corrected chi connectivity index (χ4v) is 0.653. The van der Waals surface area contributed by atoms with Gasteiger partial charge in [-0.2, -0.15) is 12.6 Å². The van der Waals surface area contributed by atoms with Gasteiger partial charge >= 0.3 is 5.97 Å². The van der Waals surface area contributed by atoms with Gasteiger partial charge in [0.2, 0.25) is 0 Å². The van der Waals surface area contributed by atoms with Crippen molar-refractivity contribution in [1.82, 2.24) is 0 Å². The molecular weight excluding hydrogens is 172 g/mol. The minimum atomic E-state index is -0.315. The molecule has 0 aromatic heterocycles. The van der Waals surface area contributed by atoms with Crippen LogP contribution in [0.5, 0.6) is 0 Å². The molecule has 3 heteroatoms. The molecule has 0 N–H and O–H groups in total. The first-order chi connectivity index (χ1) is 5.33. The van der Waals surface area contributed by atoms with Gasteiger partial charge in [0, 0.05) is 0 Å². The normalized spacial score (nSPS) is 14.1. The van der Waals surface area contributed by atoms with Gasteiger partial charge in [0.25, 0.3) is 0 Å². The van der Waals surface area contributed by atoms with E-state index in [4.69, 9.17) is 4.74 Å². The summed E-state index contributed by atoms with van der Waals surface area (Å²) in [6.07, 6.45) is 0.888. The molecule has 0 rings (SSSR count). The van der Waals surface area contributed by atoms with Crippen LogP contribution < -0.4 is 0 Å². The molecule has 0 spiro atoms. The number of carbonyl (C=O) groups excluding carboxylic acids is 1. The molecule has 0 aromatic rings. The summed E-state index contributed by atoms with van der Waals surface area (Å²) in [5.41, 5.74) is 0.222. The van der Waals surface area contributed by atoms with E-state index in [9.17, 15) is 4.79 Å². The van der Waals surface area contributed by atoms with Crippen LogP contribution in [0.2, 0.25) is 0 Å². The number of rotatable bonds is 3. The Kier molecular flexibility index (Phi) is 4.68. The van der Waals surface area contributed by atoms with Crippen molar-refractivity contribution >= 4 is 18.6 Å². The second-order valence-electron chi connectivity index (χ2n) is 4.15. The Balaban J connectivity index is 3.51. The first-order valence-electron chi connectivity index (χ1n) is 4.17. The van der Waals surface area contributed by atoms with Gasteiger partial charge in [-0.05, 0) is 18.8 Å². The molecule has 0 amide bonds. The zero-order valence-corrected chi connectivity index (χ0v) is 9.15. The lowest BCUT2D eigenvalue weighted by Gasteiger charge is -2.17. The van der Waals surface area contributed by atoms with Gasteiger partial charge in [0.15, 0.2) is 0 Å². The number of carbonyl (C=O) groups is 1. The van der Waals surface area contributed by atoms with Gasteiger partial charge in [0.05, 0.1) is 11.9 Å². The average Bonchev–Trinajstić information content (AvgIpc) is 1.84. The minimum Gasteiger partial charge on any atom is -0.465 e. The first-order valence-corrected chi connectivity index (χ1v) is 4.69. The second kappa shape index (κ2) is 4.75. The van der Waals surface area contributed by atoms with Crippen LogP contribution in [0.15, 0.2) is 0 Å². The van der Waals surface area contributed by atoms with E-state index >= 15 is 0 Å². The van der Waals surface area contributed by atoms with E-state index in [0.29, 0.717) is 6.61 Å². The monoisotopic (exact) mass is 190 g/mol. The second-order valence-corrected chi connectivity index (χ2v) is 4.93. The van der Waals surface area contributed by atoms with Crippen molar-refractivity contribution in [2.24, 2.45) is 5.41 Å². The molecule has 0 heterocycles. The average molecular weight is 190 g/mol. The maximum absolute atomic E-state index is 10.9. The van der Waals surface area contributed by atoms with Crippen LogP contribution in [0.3, 0.4) is 0 Å². The summed E-state index contributed by atoms with van der Waals surface area (Å²) in [4.78, 5) is 10.9. The van der Waals surface area contributed by atoms with E-state index < -0.39 is 0 Å². The van der Waals surface area contributed by atoms with Gasteiger partial charge in [-0.25, -0.2) is 0 Å². The Morgan fingerprint density at radius 1 is 1.50 bits per heavy atom. The van der Waals surface area contributed by atoms with Crippen molar-refractivity contribution in [3.8, 4) is 0 Å². The third kappa shape index (κ3) is 6.53. The highest BCUT2D eigenvalue weighted by Gasteiger charge is 2.13. The molecule has 12 heavy (non-hydrogen) atoms. The summed E-state index contributed by atoms with van der Waals surface area (Å²) < 4.78 is 4.96. The molecule has 0 radical (unpaired) electrons. The highest BCUT2D eigenvalue weighted by Crippen LogP contribution is 2.18. The summed E-state index contributed by atoms with van der Waals surface area (Å²) in [6.45, 7) is 8.55. The summed E-state index contributed by atoms with van der Waals surface area (Å²) >= 11 is 3.96. The number of thiol groups is 1. The highest BCUT2D eigenvalue weighted by molar-refractivity contribution is 7.81. The fourth-order valence-electron chi connectivity index (χ4n) is 0.578. The standard InChI is InChI=1S/C9H18O2S/c1-7(12)8(10)11-6-5-9(2,3)4/h7,12H,5-6H2,1-4H3. The van der Waals surface area contributed by atoms with Gasteiger partial charge in [-0.3, -0.25) is 4.79 Å². The van der Waals surface area contributed by atoms with Crippen molar-refractivity contribution in [3.05, 3.63) is 0 Å². The Labute approximate surface area is 80.1 Å². The third-order valence-corrected chi connectivity index (χ3v) is 1.65. The van der Waals surface area contributed by atoms with Crippen LogP contribution in [-0.4, -0.2) is 17.8 Å². The molecule has 0 aliphatic carbocycles. The van der Waals surface area contributed by atoms with Gasteiger partial charge in [-0.15, -0.1) is 0 Å². The lowest BCUT2D eigenvalue weighted by Crippen LogP contribution is -2.18. The smallest absolute Gasteiger partial charge is 0.318 e. The number of hydrogen-bond donors (Lipinski definition) is 1. The zero-order chi connectivity index (χ0) is 9.78. The van der Waals surface area contributed by atoms with E-state index in [1.807, 2.05) is 0 Å². The molecule has 0 saturated heterocycles. The quantitative estimate of drug-likeness (QED) is 0.546. The molecule has 0 bridgehead atoms. The summed E-state index contributed by atoms with van der Waals surface area (Å²) in [7, 11) is 0. The molecule has 1 atom stereocenters. The van der Waals surface area contributed by atoms with Crippen molar-refractivity contribution in [2.45, 2.75) is 39.4 Å². The topological polar surface area (TPSA) is 26.3 Å². The Morgan fingerprint density at radius 2 is 2.00 bits per heavy atom. The number of esters is 1. The molecular formula is C9H18O2S. The molecule has 2 nitrogen and oxygen atoms in total. The van der Waals surface area contributed by atoms with E-state index in [1.165, 1.54) is 0 Å². The predicted molar refractivity (Wildman–Crippen MR) is 53.5 cm³/mol. The SMILES string of the molecule is CC(S)C(=O)OCCC(C)(C)C. The van der Waals surface area contributed by atoms with Gasteiger partial charge in [0.1, 0.15) is 0 Å². The van der Waals surface area contributed by atoms with Crippen LogP contribution in [0.4, 0.5) is 0 Å². The van der Waals surface area contributed by atoms with E-state index in [-0.39, 0.29) is 16.6 Å². The summed E-state index contributed by atoms with van der Waals surface area (Å²) in [5, 5.41) is -0.315. The maximum Gasteiger partial charge on any atom is 0.318 e. The number of ether oxygens (including phenoxy) is 1. The third-order valence-electron chi connectivity index (χ3n) is 1.44. The minimum absolute atomic E-state index is 0.222. The van der Waals surface area contributed by atoms with Crippen LogP contribution >= 0.6 is 12.6 Å². The Morgan fingerprint density at radius 3 is 2.33 bits per heavy atom.